The van der Waals surface area contributed by atoms with Gasteiger partial charge in [0.15, 0.2) is 5.50 Å². The number of nitrogens with one attached hydrogen (secondary N) is 3. The van der Waals surface area contributed by atoms with Crippen LogP contribution < -0.4 is 16.0 Å². The van der Waals surface area contributed by atoms with Gasteiger partial charge in [-0.15, -0.1) is 0 Å². The van der Waals surface area contributed by atoms with Gasteiger partial charge < -0.3 is 16.0 Å². The molecule has 22 heavy (non-hydrogen) atoms. The van der Waals surface area contributed by atoms with Crippen LogP contribution in [0.25, 0.3) is 10.8 Å². The van der Waals surface area contributed by atoms with Crippen LogP contribution in [-0.2, 0) is 4.79 Å². The van der Waals surface area contributed by atoms with Crippen molar-refractivity contribution in [2.45, 2.75) is 29.3 Å². The molecule has 1 amide bonds. The van der Waals surface area contributed by atoms with E-state index in [-0.39, 0.29) is 23.3 Å². The van der Waals surface area contributed by atoms with E-state index in [1.165, 1.54) is 12.1 Å². The number of anilines is 1. The minimum absolute atomic E-state index is 0.0330. The Morgan fingerprint density at radius 2 is 2.23 bits per heavy atom. The number of fused-ring (bicyclic) bond motifs is 3. The predicted molar refractivity (Wildman–Crippen MR) is 86.3 cm³/mol. The molecule has 1 saturated heterocycles. The average molecular weight is 317 g/mol. The highest BCUT2D eigenvalue weighted by Gasteiger charge is 2.28. The minimum atomic E-state index is -0.236. The number of amides is 1. The van der Waals surface area contributed by atoms with Crippen molar-refractivity contribution in [2.75, 3.05) is 11.9 Å². The summed E-state index contributed by atoms with van der Waals surface area (Å²) in [6.45, 7) is 0.903. The van der Waals surface area contributed by atoms with E-state index < -0.39 is 0 Å². The fourth-order valence-corrected chi connectivity index (χ4v) is 4.17. The zero-order chi connectivity index (χ0) is 15.1. The van der Waals surface area contributed by atoms with Gasteiger partial charge in [0.05, 0.1) is 11.7 Å². The number of hydrogen-bond donors (Lipinski definition) is 3. The molecule has 0 aromatic heterocycles. The van der Waals surface area contributed by atoms with Gasteiger partial charge in [0, 0.05) is 4.90 Å². The van der Waals surface area contributed by atoms with Gasteiger partial charge in [0.2, 0.25) is 5.91 Å². The lowest BCUT2D eigenvalue weighted by atomic mass is 10.1. The normalized spacial score (nSPS) is 23.3. The quantitative estimate of drug-likeness (QED) is 0.797. The Hall–Kier alpha value is -1.79. The molecule has 0 aliphatic carbocycles. The molecule has 2 aromatic rings. The Morgan fingerprint density at radius 3 is 3.05 bits per heavy atom. The molecule has 0 radical (unpaired) electrons. The molecule has 0 spiro atoms. The van der Waals surface area contributed by atoms with Crippen molar-refractivity contribution >= 4 is 34.1 Å². The highest BCUT2D eigenvalue weighted by atomic mass is 32.2. The van der Waals surface area contributed by atoms with Crippen LogP contribution in [0.2, 0.25) is 0 Å². The third kappa shape index (κ3) is 2.42. The summed E-state index contributed by atoms with van der Waals surface area (Å²) in [6.07, 6.45) is 1.93. The number of halogens is 1. The van der Waals surface area contributed by atoms with Gasteiger partial charge in [-0.05, 0) is 48.4 Å². The number of benzene rings is 2. The second-order valence-corrected chi connectivity index (χ2v) is 6.72. The van der Waals surface area contributed by atoms with Crippen LogP contribution in [0.4, 0.5) is 10.1 Å². The number of hydrogen-bond acceptors (Lipinski definition) is 4. The SMILES string of the molecule is O=C(NC1Nc2ccc3cc(F)ccc3c2S1)[C@H]1CCCN1. The third-order valence-electron chi connectivity index (χ3n) is 4.10. The molecule has 1 unspecified atom stereocenters. The molecule has 6 heteroatoms. The van der Waals surface area contributed by atoms with Crippen LogP contribution >= 0.6 is 11.8 Å². The monoisotopic (exact) mass is 317 g/mol. The van der Waals surface area contributed by atoms with Gasteiger partial charge >= 0.3 is 0 Å². The van der Waals surface area contributed by atoms with E-state index >= 15 is 0 Å². The van der Waals surface area contributed by atoms with E-state index in [1.807, 2.05) is 12.1 Å². The van der Waals surface area contributed by atoms with Crippen molar-refractivity contribution in [3.63, 3.8) is 0 Å². The first kappa shape index (κ1) is 13.8. The maximum Gasteiger partial charge on any atom is 0.239 e. The van der Waals surface area contributed by atoms with E-state index in [0.29, 0.717) is 0 Å². The molecule has 114 valence electrons. The number of carbonyl (C=O) groups excluding carboxylic acids is 1. The van der Waals surface area contributed by atoms with Crippen LogP contribution in [0.3, 0.4) is 0 Å². The summed E-state index contributed by atoms with van der Waals surface area (Å²) < 4.78 is 13.3. The molecule has 0 saturated carbocycles. The number of rotatable bonds is 2. The molecule has 2 atom stereocenters. The van der Waals surface area contributed by atoms with Crippen LogP contribution in [-0.4, -0.2) is 24.0 Å². The largest absolute Gasteiger partial charge is 0.356 e. The fraction of sp³-hybridized carbons (Fsp3) is 0.312. The molecule has 4 nitrogen and oxygen atoms in total. The Kier molecular flexibility index (Phi) is 3.43. The van der Waals surface area contributed by atoms with Gasteiger partial charge in [0.1, 0.15) is 5.82 Å². The molecule has 4 rings (SSSR count). The zero-order valence-corrected chi connectivity index (χ0v) is 12.7. The highest BCUT2D eigenvalue weighted by Crippen LogP contribution is 2.42. The molecule has 2 heterocycles. The second-order valence-electron chi connectivity index (χ2n) is 5.61. The summed E-state index contributed by atoms with van der Waals surface area (Å²) in [6, 6.07) is 8.54. The van der Waals surface area contributed by atoms with Crippen LogP contribution in [0.15, 0.2) is 35.2 Å². The molecule has 3 N–H and O–H groups in total. The van der Waals surface area contributed by atoms with Crippen molar-refractivity contribution in [3.8, 4) is 0 Å². The average Bonchev–Trinajstić information content (AvgIpc) is 3.15. The maximum atomic E-state index is 13.3. The van der Waals surface area contributed by atoms with Crippen LogP contribution in [0.5, 0.6) is 0 Å². The van der Waals surface area contributed by atoms with E-state index in [9.17, 15) is 9.18 Å². The van der Waals surface area contributed by atoms with Crippen molar-refractivity contribution in [3.05, 3.63) is 36.1 Å². The van der Waals surface area contributed by atoms with Gasteiger partial charge in [-0.1, -0.05) is 23.9 Å². The maximum absolute atomic E-state index is 13.3. The summed E-state index contributed by atoms with van der Waals surface area (Å²) in [5, 5.41) is 11.4. The van der Waals surface area contributed by atoms with Crippen LogP contribution in [0.1, 0.15) is 12.8 Å². The van der Waals surface area contributed by atoms with Crippen molar-refractivity contribution in [2.24, 2.45) is 0 Å². The van der Waals surface area contributed by atoms with Gasteiger partial charge in [-0.3, -0.25) is 4.79 Å². The zero-order valence-electron chi connectivity index (χ0n) is 11.9. The molecular weight excluding hydrogens is 301 g/mol. The first-order chi connectivity index (χ1) is 10.7. The smallest absolute Gasteiger partial charge is 0.239 e. The first-order valence-electron chi connectivity index (χ1n) is 7.40. The lowest BCUT2D eigenvalue weighted by Gasteiger charge is -2.16. The predicted octanol–water partition coefficient (Wildman–Crippen LogP) is 2.65. The molecular formula is C16H16FN3OS. The topological polar surface area (TPSA) is 53.2 Å². The third-order valence-corrected chi connectivity index (χ3v) is 5.25. The van der Waals surface area contributed by atoms with E-state index in [2.05, 4.69) is 16.0 Å². The minimum Gasteiger partial charge on any atom is -0.356 e. The van der Waals surface area contributed by atoms with Gasteiger partial charge in [-0.2, -0.15) is 0 Å². The summed E-state index contributed by atoms with van der Waals surface area (Å²) >= 11 is 1.57. The second kappa shape index (κ2) is 5.44. The standard InChI is InChI=1S/C16H16FN3OS/c17-10-4-5-11-9(8-10)3-6-12-14(11)22-16(19-12)20-15(21)13-2-1-7-18-13/h3-6,8,13,16,18-19H,1-2,7H2,(H,20,21)/t13-,16?/m1/s1. The Balaban J connectivity index is 1.55. The van der Waals surface area contributed by atoms with Crippen molar-refractivity contribution < 1.29 is 9.18 Å². The Labute approximate surface area is 131 Å². The number of carbonyl (C=O) groups is 1. The summed E-state index contributed by atoms with van der Waals surface area (Å²) in [5.74, 6) is -0.203. The molecule has 0 bridgehead atoms. The highest BCUT2D eigenvalue weighted by molar-refractivity contribution is 8.00. The summed E-state index contributed by atoms with van der Waals surface area (Å²) in [4.78, 5) is 13.2. The Bertz CT molecular complexity index is 745. The summed E-state index contributed by atoms with van der Waals surface area (Å²) in [5.41, 5.74) is 0.800. The molecule has 2 aromatic carbocycles. The lowest BCUT2D eigenvalue weighted by Crippen LogP contribution is -2.45. The van der Waals surface area contributed by atoms with Crippen molar-refractivity contribution in [1.82, 2.24) is 10.6 Å². The van der Waals surface area contributed by atoms with Gasteiger partial charge in [0.25, 0.3) is 0 Å². The van der Waals surface area contributed by atoms with E-state index in [1.54, 1.807) is 17.8 Å². The molecule has 2 aliphatic heterocycles. The fourth-order valence-electron chi connectivity index (χ4n) is 3.00. The summed E-state index contributed by atoms with van der Waals surface area (Å²) in [7, 11) is 0. The molecule has 2 aliphatic rings. The Morgan fingerprint density at radius 1 is 1.32 bits per heavy atom. The lowest BCUT2D eigenvalue weighted by molar-refractivity contribution is -0.122. The first-order valence-corrected chi connectivity index (χ1v) is 8.28. The number of thioether (sulfide) groups is 1. The van der Waals surface area contributed by atoms with Crippen molar-refractivity contribution in [1.29, 1.82) is 0 Å². The van der Waals surface area contributed by atoms with E-state index in [0.717, 1.165) is 40.7 Å². The molecule has 1 fully saturated rings. The van der Waals surface area contributed by atoms with Crippen LogP contribution in [0, 0.1) is 5.82 Å². The van der Waals surface area contributed by atoms with Gasteiger partial charge in [-0.25, -0.2) is 4.39 Å². The van der Waals surface area contributed by atoms with E-state index in [4.69, 9.17) is 0 Å².